The topological polar surface area (TPSA) is 29.5 Å². The molecule has 22 heavy (non-hydrogen) atoms. The Labute approximate surface area is 125 Å². The Bertz CT molecular complexity index is 591. The van der Waals surface area contributed by atoms with Crippen molar-refractivity contribution < 1.29 is 27.4 Å². The monoisotopic (exact) mass is 314 g/mol. The van der Waals surface area contributed by atoms with Crippen LogP contribution in [0.15, 0.2) is 48.5 Å². The van der Waals surface area contributed by atoms with Crippen LogP contribution in [0.2, 0.25) is 0 Å². The van der Waals surface area contributed by atoms with Crippen molar-refractivity contribution in [3.05, 3.63) is 65.5 Å². The van der Waals surface area contributed by atoms with Crippen LogP contribution in [0.25, 0.3) is 0 Å². The second kappa shape index (κ2) is 6.79. The van der Waals surface area contributed by atoms with Gasteiger partial charge in [0.25, 0.3) is 0 Å². The highest BCUT2D eigenvalue weighted by atomic mass is 19.4. The van der Waals surface area contributed by atoms with E-state index in [4.69, 9.17) is 4.74 Å². The summed E-state index contributed by atoms with van der Waals surface area (Å²) in [6.45, 7) is -0.139. The van der Waals surface area contributed by atoms with E-state index in [0.717, 1.165) is 12.1 Å². The van der Waals surface area contributed by atoms with E-state index in [1.807, 2.05) is 0 Å². The van der Waals surface area contributed by atoms with Gasteiger partial charge in [0.2, 0.25) is 0 Å². The Morgan fingerprint density at radius 2 is 1.55 bits per heavy atom. The first kappa shape index (κ1) is 16.3. The molecule has 118 valence electrons. The Kier molecular flexibility index (Phi) is 5.03. The van der Waals surface area contributed by atoms with Gasteiger partial charge < -0.3 is 9.84 Å². The zero-order valence-electron chi connectivity index (χ0n) is 11.5. The lowest BCUT2D eigenvalue weighted by Gasteiger charge is -2.16. The van der Waals surface area contributed by atoms with E-state index in [9.17, 15) is 22.7 Å². The van der Waals surface area contributed by atoms with Gasteiger partial charge in [-0.25, -0.2) is 4.39 Å². The third kappa shape index (κ3) is 4.21. The Morgan fingerprint density at radius 1 is 0.955 bits per heavy atom. The van der Waals surface area contributed by atoms with E-state index in [-0.39, 0.29) is 30.7 Å². The van der Waals surface area contributed by atoms with Crippen LogP contribution in [-0.4, -0.2) is 18.3 Å². The highest BCUT2D eigenvalue weighted by Gasteiger charge is 2.30. The second-order valence-corrected chi connectivity index (χ2v) is 4.76. The molecule has 0 amide bonds. The minimum atomic E-state index is -4.39. The predicted molar refractivity (Wildman–Crippen MR) is 73.2 cm³/mol. The molecule has 2 nitrogen and oxygen atoms in total. The highest BCUT2D eigenvalue weighted by Crippen LogP contribution is 2.30. The molecule has 1 unspecified atom stereocenters. The van der Waals surface area contributed by atoms with Gasteiger partial charge >= 0.3 is 6.18 Å². The zero-order chi connectivity index (χ0) is 16.2. The van der Waals surface area contributed by atoms with Crippen LogP contribution in [0, 0.1) is 5.82 Å². The molecule has 0 aliphatic rings. The number of rotatable bonds is 5. The summed E-state index contributed by atoms with van der Waals surface area (Å²) < 4.78 is 55.6. The summed E-state index contributed by atoms with van der Waals surface area (Å²) in [5.74, 6) is -0.499. The summed E-state index contributed by atoms with van der Waals surface area (Å²) in [6.07, 6.45) is -4.39. The van der Waals surface area contributed by atoms with Crippen LogP contribution in [0.1, 0.15) is 17.0 Å². The summed E-state index contributed by atoms with van der Waals surface area (Å²) in [4.78, 5) is 0. The SMILES string of the molecule is OCC(COc1ccc(C(F)(F)F)cc1)c1ccc(F)cc1. The standard InChI is InChI=1S/C16H14F4O2/c17-14-5-1-11(2-6-14)12(9-21)10-22-15-7-3-13(4-8-15)16(18,19)20/h1-8,12,21H,9-10H2. The summed E-state index contributed by atoms with van der Waals surface area (Å²) in [7, 11) is 0. The molecule has 1 atom stereocenters. The van der Waals surface area contributed by atoms with Gasteiger partial charge in [0.1, 0.15) is 11.6 Å². The molecule has 0 heterocycles. The first-order valence-corrected chi connectivity index (χ1v) is 6.56. The quantitative estimate of drug-likeness (QED) is 0.845. The number of alkyl halides is 3. The number of ether oxygens (including phenoxy) is 1. The Morgan fingerprint density at radius 3 is 2.05 bits per heavy atom. The molecular weight excluding hydrogens is 300 g/mol. The highest BCUT2D eigenvalue weighted by molar-refractivity contribution is 5.29. The number of hydrogen-bond donors (Lipinski definition) is 1. The minimum Gasteiger partial charge on any atom is -0.493 e. The molecule has 0 saturated carbocycles. The summed E-state index contributed by atoms with van der Waals surface area (Å²) >= 11 is 0. The van der Waals surface area contributed by atoms with Gasteiger partial charge in [-0.3, -0.25) is 0 Å². The minimum absolute atomic E-state index is 0.0769. The lowest BCUT2D eigenvalue weighted by molar-refractivity contribution is -0.137. The second-order valence-electron chi connectivity index (χ2n) is 4.76. The molecule has 0 saturated heterocycles. The van der Waals surface area contributed by atoms with Gasteiger partial charge in [-0.2, -0.15) is 13.2 Å². The van der Waals surface area contributed by atoms with Crippen molar-refractivity contribution in [1.29, 1.82) is 0 Å². The van der Waals surface area contributed by atoms with Crippen LogP contribution < -0.4 is 4.74 Å². The first-order valence-electron chi connectivity index (χ1n) is 6.56. The van der Waals surface area contributed by atoms with E-state index >= 15 is 0 Å². The maximum atomic E-state index is 12.9. The third-order valence-electron chi connectivity index (χ3n) is 3.19. The largest absolute Gasteiger partial charge is 0.493 e. The fourth-order valence-corrected chi connectivity index (χ4v) is 1.93. The van der Waals surface area contributed by atoms with Gasteiger partial charge in [0, 0.05) is 5.92 Å². The van der Waals surface area contributed by atoms with Crippen LogP contribution in [-0.2, 0) is 6.18 Å². The number of benzene rings is 2. The lowest BCUT2D eigenvalue weighted by atomic mass is 10.0. The Hall–Kier alpha value is -2.08. The third-order valence-corrected chi connectivity index (χ3v) is 3.19. The van der Waals surface area contributed by atoms with Crippen molar-refractivity contribution in [2.45, 2.75) is 12.1 Å². The number of aliphatic hydroxyl groups is 1. The van der Waals surface area contributed by atoms with Crippen LogP contribution in [0.5, 0.6) is 5.75 Å². The van der Waals surface area contributed by atoms with Gasteiger partial charge in [-0.05, 0) is 42.0 Å². The lowest BCUT2D eigenvalue weighted by Crippen LogP contribution is -2.14. The van der Waals surface area contributed by atoms with Crippen LogP contribution in [0.4, 0.5) is 17.6 Å². The molecule has 0 bridgehead atoms. The van der Waals surface area contributed by atoms with E-state index in [0.29, 0.717) is 5.56 Å². The number of aliphatic hydroxyl groups excluding tert-OH is 1. The molecule has 2 rings (SSSR count). The molecule has 6 heteroatoms. The van der Waals surface area contributed by atoms with Crippen LogP contribution >= 0.6 is 0 Å². The maximum absolute atomic E-state index is 12.9. The van der Waals surface area contributed by atoms with Crippen molar-refractivity contribution in [2.24, 2.45) is 0 Å². The Balaban J connectivity index is 2.00. The average Bonchev–Trinajstić information content (AvgIpc) is 2.49. The summed E-state index contributed by atoms with van der Waals surface area (Å²) in [5, 5.41) is 9.36. The fourth-order valence-electron chi connectivity index (χ4n) is 1.93. The van der Waals surface area contributed by atoms with Gasteiger partial charge in [0.05, 0.1) is 18.8 Å². The molecule has 0 aromatic heterocycles. The molecule has 2 aromatic rings. The fraction of sp³-hybridized carbons (Fsp3) is 0.250. The van der Waals surface area contributed by atoms with Crippen LogP contribution in [0.3, 0.4) is 0 Å². The van der Waals surface area contributed by atoms with E-state index in [1.165, 1.54) is 36.4 Å². The van der Waals surface area contributed by atoms with Crippen molar-refractivity contribution in [1.82, 2.24) is 0 Å². The summed E-state index contributed by atoms with van der Waals surface area (Å²) in [5.41, 5.74) is -0.0621. The number of hydrogen-bond acceptors (Lipinski definition) is 2. The van der Waals surface area contributed by atoms with Gasteiger partial charge in [0.15, 0.2) is 0 Å². The van der Waals surface area contributed by atoms with Crippen molar-refractivity contribution in [2.75, 3.05) is 13.2 Å². The van der Waals surface area contributed by atoms with Crippen molar-refractivity contribution >= 4 is 0 Å². The molecule has 0 aliphatic heterocycles. The van der Waals surface area contributed by atoms with Gasteiger partial charge in [-0.1, -0.05) is 12.1 Å². The molecule has 0 aliphatic carbocycles. The maximum Gasteiger partial charge on any atom is 0.416 e. The van der Waals surface area contributed by atoms with E-state index in [1.54, 1.807) is 0 Å². The average molecular weight is 314 g/mol. The molecular formula is C16H14F4O2. The van der Waals surface area contributed by atoms with E-state index < -0.39 is 11.7 Å². The molecule has 0 spiro atoms. The van der Waals surface area contributed by atoms with E-state index in [2.05, 4.69) is 0 Å². The van der Waals surface area contributed by atoms with Gasteiger partial charge in [-0.15, -0.1) is 0 Å². The molecule has 1 N–H and O–H groups in total. The molecule has 2 aromatic carbocycles. The predicted octanol–water partition coefficient (Wildman–Crippen LogP) is 4.00. The number of halogens is 4. The molecule has 0 radical (unpaired) electrons. The zero-order valence-corrected chi connectivity index (χ0v) is 11.5. The molecule has 0 fully saturated rings. The normalized spacial score (nSPS) is 13.0. The van der Waals surface area contributed by atoms with Crippen molar-refractivity contribution in [3.8, 4) is 5.75 Å². The summed E-state index contributed by atoms with van der Waals surface area (Å²) in [6, 6.07) is 9.93. The van der Waals surface area contributed by atoms with Crippen molar-refractivity contribution in [3.63, 3.8) is 0 Å². The smallest absolute Gasteiger partial charge is 0.416 e. The first-order chi connectivity index (χ1) is 10.4.